The molecular formula is C9H19NOS. The molecule has 1 saturated heterocycles. The molecule has 1 aliphatic heterocycles. The minimum atomic E-state index is 0.347. The van der Waals surface area contributed by atoms with Gasteiger partial charge in [-0.3, -0.25) is 0 Å². The van der Waals surface area contributed by atoms with Crippen molar-refractivity contribution in [1.82, 2.24) is 5.32 Å². The van der Waals surface area contributed by atoms with Gasteiger partial charge in [0.1, 0.15) is 0 Å². The van der Waals surface area contributed by atoms with Crippen molar-refractivity contribution in [2.45, 2.75) is 31.9 Å². The summed E-state index contributed by atoms with van der Waals surface area (Å²) in [6.07, 6.45) is 2.99. The second-order valence-electron chi connectivity index (χ2n) is 3.34. The van der Waals surface area contributed by atoms with Gasteiger partial charge in [-0.1, -0.05) is 0 Å². The molecule has 1 heterocycles. The normalized spacial score (nSPS) is 22.5. The van der Waals surface area contributed by atoms with Gasteiger partial charge in [0.2, 0.25) is 0 Å². The van der Waals surface area contributed by atoms with Crippen molar-refractivity contribution in [3.05, 3.63) is 0 Å². The summed E-state index contributed by atoms with van der Waals surface area (Å²) in [5.41, 5.74) is 0. The smallest absolute Gasteiger partial charge is 0.0667 e. The van der Waals surface area contributed by atoms with Crippen LogP contribution in [-0.2, 0) is 4.74 Å². The van der Waals surface area contributed by atoms with Crippen LogP contribution in [0.2, 0.25) is 0 Å². The third-order valence-corrected chi connectivity index (χ3v) is 3.37. The molecule has 0 saturated carbocycles. The molecule has 1 N–H and O–H groups in total. The van der Waals surface area contributed by atoms with Crippen molar-refractivity contribution in [2.24, 2.45) is 0 Å². The van der Waals surface area contributed by atoms with E-state index in [0.717, 1.165) is 12.6 Å². The van der Waals surface area contributed by atoms with Gasteiger partial charge in [-0.25, -0.2) is 0 Å². The average molecular weight is 189 g/mol. The third-order valence-electron chi connectivity index (χ3n) is 2.32. The van der Waals surface area contributed by atoms with E-state index in [-0.39, 0.29) is 0 Å². The molecule has 12 heavy (non-hydrogen) atoms. The fraction of sp³-hybridized carbons (Fsp3) is 1.00. The highest BCUT2D eigenvalue weighted by Gasteiger charge is 2.13. The summed E-state index contributed by atoms with van der Waals surface area (Å²) >= 11 is 2.07. The average Bonchev–Trinajstić information content (AvgIpc) is 2.16. The van der Waals surface area contributed by atoms with E-state index < -0.39 is 0 Å². The van der Waals surface area contributed by atoms with Crippen LogP contribution in [0.4, 0.5) is 0 Å². The molecule has 0 amide bonds. The van der Waals surface area contributed by atoms with Crippen molar-refractivity contribution < 1.29 is 4.74 Å². The first-order chi connectivity index (χ1) is 5.83. The molecule has 0 aromatic carbocycles. The predicted octanol–water partition coefficient (Wildman–Crippen LogP) is 1.51. The van der Waals surface area contributed by atoms with Crippen molar-refractivity contribution in [3.63, 3.8) is 0 Å². The first kappa shape index (κ1) is 10.4. The van der Waals surface area contributed by atoms with Gasteiger partial charge in [-0.15, -0.1) is 0 Å². The highest BCUT2D eigenvalue weighted by molar-refractivity contribution is 7.99. The molecule has 0 spiro atoms. The number of hydrogen-bond acceptors (Lipinski definition) is 3. The molecule has 1 rings (SSSR count). The van der Waals surface area contributed by atoms with Gasteiger partial charge in [0.25, 0.3) is 0 Å². The highest BCUT2D eigenvalue weighted by atomic mass is 32.2. The molecule has 0 aliphatic carbocycles. The number of rotatable bonds is 4. The number of thioether (sulfide) groups is 1. The summed E-state index contributed by atoms with van der Waals surface area (Å²) < 4.78 is 5.17. The lowest BCUT2D eigenvalue weighted by Gasteiger charge is -2.23. The fourth-order valence-electron chi connectivity index (χ4n) is 1.32. The predicted molar refractivity (Wildman–Crippen MR) is 54.8 cm³/mol. The SMILES string of the molecule is COC(C)CNC1CCSCC1. The van der Waals surface area contributed by atoms with Gasteiger partial charge in [-0.05, 0) is 31.3 Å². The quantitative estimate of drug-likeness (QED) is 0.724. The van der Waals surface area contributed by atoms with E-state index in [2.05, 4.69) is 24.0 Å². The van der Waals surface area contributed by atoms with E-state index in [1.807, 2.05) is 0 Å². The Morgan fingerprint density at radius 2 is 2.17 bits per heavy atom. The Labute approximate surface area is 79.4 Å². The van der Waals surface area contributed by atoms with Crippen LogP contribution in [0.25, 0.3) is 0 Å². The first-order valence-corrected chi connectivity index (χ1v) is 5.82. The molecule has 0 bridgehead atoms. The van der Waals surface area contributed by atoms with Crippen LogP contribution in [-0.4, -0.2) is 37.3 Å². The molecule has 2 nitrogen and oxygen atoms in total. The van der Waals surface area contributed by atoms with Gasteiger partial charge in [-0.2, -0.15) is 11.8 Å². The van der Waals surface area contributed by atoms with Crippen molar-refractivity contribution >= 4 is 11.8 Å². The van der Waals surface area contributed by atoms with Crippen LogP contribution in [0.3, 0.4) is 0 Å². The van der Waals surface area contributed by atoms with E-state index in [1.54, 1.807) is 7.11 Å². The van der Waals surface area contributed by atoms with Gasteiger partial charge >= 0.3 is 0 Å². The van der Waals surface area contributed by atoms with Crippen molar-refractivity contribution in [1.29, 1.82) is 0 Å². The van der Waals surface area contributed by atoms with E-state index in [1.165, 1.54) is 24.3 Å². The van der Waals surface area contributed by atoms with Gasteiger partial charge in [0, 0.05) is 19.7 Å². The molecular weight excluding hydrogens is 170 g/mol. The van der Waals surface area contributed by atoms with Crippen LogP contribution in [0.15, 0.2) is 0 Å². The molecule has 0 aromatic rings. The zero-order chi connectivity index (χ0) is 8.81. The van der Waals surface area contributed by atoms with Gasteiger partial charge in [0.05, 0.1) is 6.10 Å². The van der Waals surface area contributed by atoms with E-state index in [4.69, 9.17) is 4.74 Å². The van der Waals surface area contributed by atoms with Crippen LogP contribution < -0.4 is 5.32 Å². The summed E-state index contributed by atoms with van der Waals surface area (Å²) in [5, 5.41) is 3.53. The summed E-state index contributed by atoms with van der Waals surface area (Å²) in [6.45, 7) is 3.09. The van der Waals surface area contributed by atoms with Gasteiger partial charge < -0.3 is 10.1 Å². The lowest BCUT2D eigenvalue weighted by atomic mass is 10.1. The number of ether oxygens (including phenoxy) is 1. The van der Waals surface area contributed by atoms with Gasteiger partial charge in [0.15, 0.2) is 0 Å². The van der Waals surface area contributed by atoms with E-state index >= 15 is 0 Å². The van der Waals surface area contributed by atoms with E-state index in [9.17, 15) is 0 Å². The second-order valence-corrected chi connectivity index (χ2v) is 4.57. The standard InChI is InChI=1S/C9H19NOS/c1-8(11-2)7-10-9-3-5-12-6-4-9/h8-10H,3-7H2,1-2H3. The minimum Gasteiger partial charge on any atom is -0.380 e. The maximum absolute atomic E-state index is 5.17. The minimum absolute atomic E-state index is 0.347. The highest BCUT2D eigenvalue weighted by Crippen LogP contribution is 2.16. The summed E-state index contributed by atoms with van der Waals surface area (Å²) in [4.78, 5) is 0. The molecule has 72 valence electrons. The summed E-state index contributed by atoms with van der Waals surface area (Å²) in [7, 11) is 1.77. The Morgan fingerprint density at radius 3 is 2.75 bits per heavy atom. The Bertz CT molecular complexity index is 115. The van der Waals surface area contributed by atoms with Crippen LogP contribution in [0, 0.1) is 0 Å². The molecule has 0 aromatic heterocycles. The maximum atomic E-state index is 5.17. The van der Waals surface area contributed by atoms with E-state index in [0.29, 0.717) is 6.10 Å². The Kier molecular flexibility index (Phi) is 5.04. The lowest BCUT2D eigenvalue weighted by Crippen LogP contribution is -2.37. The molecule has 0 radical (unpaired) electrons. The molecule has 1 aliphatic rings. The lowest BCUT2D eigenvalue weighted by molar-refractivity contribution is 0.114. The van der Waals surface area contributed by atoms with Crippen molar-refractivity contribution in [2.75, 3.05) is 25.2 Å². The monoisotopic (exact) mass is 189 g/mol. The number of nitrogens with one attached hydrogen (secondary N) is 1. The largest absolute Gasteiger partial charge is 0.380 e. The van der Waals surface area contributed by atoms with Crippen LogP contribution in [0.5, 0.6) is 0 Å². The first-order valence-electron chi connectivity index (χ1n) is 4.67. The zero-order valence-electron chi connectivity index (χ0n) is 8.01. The Morgan fingerprint density at radius 1 is 1.50 bits per heavy atom. The fourth-order valence-corrected chi connectivity index (χ4v) is 2.42. The zero-order valence-corrected chi connectivity index (χ0v) is 8.82. The van der Waals surface area contributed by atoms with Crippen molar-refractivity contribution in [3.8, 4) is 0 Å². The van der Waals surface area contributed by atoms with Crippen LogP contribution in [0.1, 0.15) is 19.8 Å². The Balaban J connectivity index is 2.05. The van der Waals surface area contributed by atoms with Crippen LogP contribution >= 0.6 is 11.8 Å². The number of methoxy groups -OCH3 is 1. The molecule has 1 unspecified atom stereocenters. The maximum Gasteiger partial charge on any atom is 0.0667 e. The third kappa shape index (κ3) is 3.78. The second kappa shape index (κ2) is 5.84. The topological polar surface area (TPSA) is 21.3 Å². The summed E-state index contributed by atoms with van der Waals surface area (Å²) in [6, 6.07) is 0.740. The molecule has 1 fully saturated rings. The Hall–Kier alpha value is 0.270. The molecule has 3 heteroatoms. The molecule has 1 atom stereocenters. The number of hydrogen-bond donors (Lipinski definition) is 1. The summed E-state index contributed by atoms with van der Waals surface area (Å²) in [5.74, 6) is 2.64.